The summed E-state index contributed by atoms with van der Waals surface area (Å²) in [5.41, 5.74) is 0. The van der Waals surface area contributed by atoms with Gasteiger partial charge in [0, 0.05) is 38.8 Å². The van der Waals surface area contributed by atoms with Crippen molar-refractivity contribution >= 4 is 34.9 Å². The summed E-state index contributed by atoms with van der Waals surface area (Å²) in [5.74, 6) is 3.90. The summed E-state index contributed by atoms with van der Waals surface area (Å²) in [6.45, 7) is 11.8. The minimum atomic E-state index is 0.537. The molecular weight excluding hydrogens is 368 g/mol. The molecule has 28 heavy (non-hydrogen) atoms. The van der Waals surface area contributed by atoms with Gasteiger partial charge in [0.25, 0.3) is 0 Å². The fraction of sp³-hybridized carbons (Fsp3) is 0.762. The zero-order valence-corrected chi connectivity index (χ0v) is 18.5. The third-order valence-electron chi connectivity index (χ3n) is 5.51. The molecule has 0 saturated carbocycles. The Labute approximate surface area is 175 Å². The first-order chi connectivity index (χ1) is 13.5. The van der Waals surface area contributed by atoms with E-state index in [-0.39, 0.29) is 0 Å². The highest BCUT2D eigenvalue weighted by Gasteiger charge is 2.21. The Kier molecular flexibility index (Phi) is 7.71. The summed E-state index contributed by atoms with van der Waals surface area (Å²) in [5, 5.41) is 7.08. The third kappa shape index (κ3) is 6.19. The highest BCUT2D eigenvalue weighted by molar-refractivity contribution is 7.80. The fourth-order valence-electron chi connectivity index (χ4n) is 3.94. The molecular formula is C21H36N6S. The number of hydrogen-bond acceptors (Lipinski definition) is 5. The van der Waals surface area contributed by atoms with Crippen LogP contribution in [0.5, 0.6) is 0 Å². The number of nitrogens with zero attached hydrogens (tertiary/aromatic N) is 4. The largest absolute Gasteiger partial charge is 0.362 e. The van der Waals surface area contributed by atoms with Gasteiger partial charge in [-0.1, -0.05) is 33.6 Å². The van der Waals surface area contributed by atoms with E-state index in [0.717, 1.165) is 44.4 Å². The summed E-state index contributed by atoms with van der Waals surface area (Å²) in [6, 6.07) is 2.18. The zero-order valence-electron chi connectivity index (χ0n) is 17.7. The van der Waals surface area contributed by atoms with E-state index in [1.54, 1.807) is 0 Å². The van der Waals surface area contributed by atoms with E-state index in [2.05, 4.69) is 47.3 Å². The van der Waals surface area contributed by atoms with Crippen LogP contribution in [0, 0.1) is 11.8 Å². The van der Waals surface area contributed by atoms with Gasteiger partial charge in [-0.05, 0) is 49.7 Å². The molecule has 1 aromatic rings. The van der Waals surface area contributed by atoms with E-state index >= 15 is 0 Å². The molecule has 7 heteroatoms. The second-order valence-electron chi connectivity index (χ2n) is 8.73. The summed E-state index contributed by atoms with van der Waals surface area (Å²) in [4.78, 5) is 14.5. The Hall–Kier alpha value is -1.63. The van der Waals surface area contributed by atoms with Crippen LogP contribution in [0.25, 0.3) is 0 Å². The molecule has 2 aliphatic heterocycles. The molecule has 0 aliphatic carbocycles. The Bertz CT molecular complexity index is 622. The predicted molar refractivity (Wildman–Crippen MR) is 122 cm³/mol. The van der Waals surface area contributed by atoms with Gasteiger partial charge < -0.3 is 20.4 Å². The first-order valence-electron chi connectivity index (χ1n) is 10.9. The van der Waals surface area contributed by atoms with Crippen LogP contribution in [0.3, 0.4) is 0 Å². The fourth-order valence-corrected chi connectivity index (χ4v) is 4.12. The van der Waals surface area contributed by atoms with Crippen LogP contribution < -0.4 is 20.4 Å². The van der Waals surface area contributed by atoms with Gasteiger partial charge in [0.05, 0.1) is 0 Å². The Morgan fingerprint density at radius 2 is 1.71 bits per heavy atom. The number of hydrogen-bond donors (Lipinski definition) is 2. The number of aromatic nitrogens is 2. The molecule has 1 aromatic heterocycles. The van der Waals surface area contributed by atoms with E-state index in [4.69, 9.17) is 22.2 Å². The van der Waals surface area contributed by atoms with Crippen molar-refractivity contribution in [2.45, 2.75) is 59.3 Å². The molecule has 0 radical (unpaired) electrons. The van der Waals surface area contributed by atoms with Gasteiger partial charge in [0.15, 0.2) is 5.11 Å². The van der Waals surface area contributed by atoms with E-state index in [1.807, 2.05) is 0 Å². The van der Waals surface area contributed by atoms with Crippen LogP contribution in [0.4, 0.5) is 17.6 Å². The maximum Gasteiger partial charge on any atom is 0.232 e. The van der Waals surface area contributed by atoms with Crippen molar-refractivity contribution < 1.29 is 0 Å². The van der Waals surface area contributed by atoms with Gasteiger partial charge in [-0.15, -0.1) is 0 Å². The third-order valence-corrected chi connectivity index (χ3v) is 5.75. The van der Waals surface area contributed by atoms with Gasteiger partial charge in [-0.3, -0.25) is 0 Å². The van der Waals surface area contributed by atoms with Crippen LogP contribution in [-0.2, 0) is 0 Å². The molecule has 6 nitrogen and oxygen atoms in total. The molecule has 0 bridgehead atoms. The standard InChI is InChI=1S/C21H36N6S/c1-16(2)14-22-21(28)25-20-23-18(26-10-6-4-5-7-11-26)13-19(24-20)27-12-8-9-17(3)15-27/h13,16-17H,4-12,14-15H2,1-3H3,(H2,22,23,24,25,28)/t17-/m0/s1. The zero-order chi connectivity index (χ0) is 19.9. The summed E-state index contributed by atoms with van der Waals surface area (Å²) < 4.78 is 0. The molecule has 0 aromatic carbocycles. The van der Waals surface area contributed by atoms with Crippen LogP contribution in [0.2, 0.25) is 0 Å². The van der Waals surface area contributed by atoms with Crippen molar-refractivity contribution in [3.05, 3.63) is 6.07 Å². The summed E-state index contributed by atoms with van der Waals surface area (Å²) >= 11 is 5.46. The van der Waals surface area contributed by atoms with Gasteiger partial charge in [-0.25, -0.2) is 0 Å². The minimum Gasteiger partial charge on any atom is -0.362 e. The number of anilines is 3. The Balaban J connectivity index is 1.81. The van der Waals surface area contributed by atoms with Gasteiger partial charge in [-0.2, -0.15) is 9.97 Å². The number of thiocarbonyl (C=S) groups is 1. The summed E-state index contributed by atoms with van der Waals surface area (Å²) in [6.07, 6.45) is 7.61. The topological polar surface area (TPSA) is 56.3 Å². The SMILES string of the molecule is CC(C)CNC(=S)Nc1nc(N2CCCCCC2)cc(N2CCC[C@H](C)C2)n1. The van der Waals surface area contributed by atoms with Gasteiger partial charge in [0.2, 0.25) is 5.95 Å². The molecule has 2 N–H and O–H groups in total. The van der Waals surface area contributed by atoms with E-state index in [0.29, 0.717) is 22.9 Å². The van der Waals surface area contributed by atoms with Crippen LogP contribution in [-0.4, -0.2) is 47.8 Å². The smallest absolute Gasteiger partial charge is 0.232 e. The van der Waals surface area contributed by atoms with Crippen molar-refractivity contribution in [3.8, 4) is 0 Å². The first-order valence-corrected chi connectivity index (χ1v) is 11.4. The molecule has 0 unspecified atom stereocenters. The lowest BCUT2D eigenvalue weighted by Gasteiger charge is -2.33. The highest BCUT2D eigenvalue weighted by atomic mass is 32.1. The summed E-state index contributed by atoms with van der Waals surface area (Å²) in [7, 11) is 0. The molecule has 0 amide bonds. The lowest BCUT2D eigenvalue weighted by Crippen LogP contribution is -2.36. The van der Waals surface area contributed by atoms with Crippen LogP contribution >= 0.6 is 12.2 Å². The second kappa shape index (κ2) is 10.2. The Morgan fingerprint density at radius 1 is 1.07 bits per heavy atom. The van der Waals surface area contributed by atoms with Crippen LogP contribution in [0.15, 0.2) is 6.07 Å². The molecule has 3 rings (SSSR count). The van der Waals surface area contributed by atoms with Gasteiger partial charge >= 0.3 is 0 Å². The lowest BCUT2D eigenvalue weighted by molar-refractivity contribution is 0.444. The quantitative estimate of drug-likeness (QED) is 0.718. The van der Waals surface area contributed by atoms with E-state index in [1.165, 1.54) is 38.5 Å². The number of rotatable bonds is 5. The maximum absolute atomic E-state index is 5.46. The second-order valence-corrected chi connectivity index (χ2v) is 9.14. The predicted octanol–water partition coefficient (Wildman–Crippen LogP) is 4.04. The molecule has 1 atom stereocenters. The first kappa shape index (κ1) is 21.1. The van der Waals surface area contributed by atoms with E-state index in [9.17, 15) is 0 Å². The van der Waals surface area contributed by atoms with Crippen molar-refractivity contribution in [3.63, 3.8) is 0 Å². The van der Waals surface area contributed by atoms with Crippen LogP contribution in [0.1, 0.15) is 59.3 Å². The maximum atomic E-state index is 5.46. The Morgan fingerprint density at radius 3 is 2.36 bits per heavy atom. The van der Waals surface area contributed by atoms with E-state index < -0.39 is 0 Å². The molecule has 0 spiro atoms. The van der Waals surface area contributed by atoms with Crippen molar-refractivity contribution in [1.29, 1.82) is 0 Å². The normalized spacial score (nSPS) is 20.8. The van der Waals surface area contributed by atoms with Crippen molar-refractivity contribution in [2.75, 3.05) is 47.8 Å². The lowest BCUT2D eigenvalue weighted by atomic mass is 10.0. The van der Waals surface area contributed by atoms with Crippen molar-refractivity contribution in [2.24, 2.45) is 11.8 Å². The van der Waals surface area contributed by atoms with Crippen molar-refractivity contribution in [1.82, 2.24) is 15.3 Å². The molecule has 2 fully saturated rings. The molecule has 156 valence electrons. The average molecular weight is 405 g/mol. The van der Waals surface area contributed by atoms with Gasteiger partial charge in [0.1, 0.15) is 11.6 Å². The average Bonchev–Trinajstić information content (AvgIpc) is 2.96. The highest BCUT2D eigenvalue weighted by Crippen LogP contribution is 2.27. The number of piperidine rings is 1. The number of nitrogens with one attached hydrogen (secondary N) is 2. The molecule has 2 saturated heterocycles. The monoisotopic (exact) mass is 404 g/mol. The minimum absolute atomic E-state index is 0.537. The molecule has 2 aliphatic rings. The molecule has 3 heterocycles.